The van der Waals surface area contributed by atoms with Gasteiger partial charge in [-0.15, -0.1) is 0 Å². The second kappa shape index (κ2) is 10.0. The molecule has 0 saturated carbocycles. The molecule has 0 spiro atoms. The number of fused-ring (bicyclic) bond motifs is 3. The molecule has 0 N–H and O–H groups in total. The lowest BCUT2D eigenvalue weighted by Gasteiger charge is -2.10. The highest BCUT2D eigenvalue weighted by Crippen LogP contribution is 2.47. The van der Waals surface area contributed by atoms with Crippen LogP contribution >= 0.6 is 0 Å². The Morgan fingerprint density at radius 1 is 0.575 bits per heavy atom. The fraction of sp³-hybridized carbons (Fsp3) is 0.0667. The summed E-state index contributed by atoms with van der Waals surface area (Å²) in [5.74, 6) is 0.256. The minimum atomic E-state index is -4.27. The van der Waals surface area contributed by atoms with Crippen LogP contribution < -0.4 is 8.37 Å². The summed E-state index contributed by atoms with van der Waals surface area (Å²) >= 11 is 0. The van der Waals surface area contributed by atoms with Crippen LogP contribution in [0.1, 0.15) is 22.3 Å². The highest BCUT2D eigenvalue weighted by atomic mass is 32.2. The third-order valence-corrected chi connectivity index (χ3v) is 8.80. The van der Waals surface area contributed by atoms with Gasteiger partial charge in [-0.25, -0.2) is 0 Å². The van der Waals surface area contributed by atoms with Crippen molar-refractivity contribution in [2.45, 2.75) is 23.6 Å². The quantitative estimate of drug-likeness (QED) is 0.189. The van der Waals surface area contributed by atoms with E-state index in [4.69, 9.17) is 8.37 Å². The summed E-state index contributed by atoms with van der Waals surface area (Å²) in [6, 6.07) is 25.1. The zero-order valence-electron chi connectivity index (χ0n) is 21.2. The van der Waals surface area contributed by atoms with E-state index in [-0.39, 0.29) is 43.6 Å². The molecule has 0 bridgehead atoms. The molecule has 4 aromatic rings. The fourth-order valence-electron chi connectivity index (χ4n) is 4.33. The Kier molecular flexibility index (Phi) is 6.68. The van der Waals surface area contributed by atoms with Gasteiger partial charge in [0.25, 0.3) is 0 Å². The molecular formula is C30H20N2O6S2. The van der Waals surface area contributed by atoms with Crippen LogP contribution in [0, 0.1) is 36.5 Å². The van der Waals surface area contributed by atoms with Crippen LogP contribution in [0.5, 0.6) is 11.5 Å². The van der Waals surface area contributed by atoms with Crippen molar-refractivity contribution in [3.05, 3.63) is 113 Å². The molecule has 0 aromatic heterocycles. The second-order valence-electron chi connectivity index (χ2n) is 9.09. The SMILES string of the molecule is Cc1ccc(OS(=O)(=O)c2ccc3c(c2)C(=C(C#N)C#N)c2cc(S(=O)(=O)Oc4ccc(C)cc4)ccc2-3)cc1. The van der Waals surface area contributed by atoms with Gasteiger partial charge in [0.2, 0.25) is 0 Å². The molecule has 10 heteroatoms. The van der Waals surface area contributed by atoms with Gasteiger partial charge >= 0.3 is 20.2 Å². The maximum absolute atomic E-state index is 13.1. The topological polar surface area (TPSA) is 134 Å². The van der Waals surface area contributed by atoms with Crippen molar-refractivity contribution in [1.82, 2.24) is 0 Å². The van der Waals surface area contributed by atoms with Crippen molar-refractivity contribution in [2.75, 3.05) is 0 Å². The minimum Gasteiger partial charge on any atom is -0.379 e. The Morgan fingerprint density at radius 2 is 0.950 bits per heavy atom. The lowest BCUT2D eigenvalue weighted by atomic mass is 9.99. The lowest BCUT2D eigenvalue weighted by Crippen LogP contribution is -2.10. The Morgan fingerprint density at radius 3 is 1.30 bits per heavy atom. The highest BCUT2D eigenvalue weighted by molar-refractivity contribution is 7.87. The Labute approximate surface area is 232 Å². The van der Waals surface area contributed by atoms with Gasteiger partial charge in [0, 0.05) is 5.57 Å². The van der Waals surface area contributed by atoms with Crippen LogP contribution in [0.2, 0.25) is 0 Å². The van der Waals surface area contributed by atoms with E-state index < -0.39 is 20.2 Å². The van der Waals surface area contributed by atoms with Crippen LogP contribution in [-0.2, 0) is 20.2 Å². The van der Waals surface area contributed by atoms with E-state index in [0.717, 1.165) is 11.1 Å². The number of nitriles is 2. The number of benzene rings is 4. The van der Waals surface area contributed by atoms with E-state index in [0.29, 0.717) is 11.1 Å². The van der Waals surface area contributed by atoms with Crippen LogP contribution in [0.15, 0.2) is 100 Å². The molecule has 0 fully saturated rings. The standard InChI is InChI=1S/C30H20N2O6S2/c1-19-3-7-22(8-4-19)37-39(33,34)24-11-13-26-27-14-12-25(40(35,36)38-23-9-5-20(2)6-10-23)16-29(27)30(28(26)15-24)21(17-31)18-32/h3-16H,1-2H3. The van der Waals surface area contributed by atoms with Crippen LogP contribution in [0.4, 0.5) is 0 Å². The van der Waals surface area contributed by atoms with Crippen molar-refractivity contribution in [3.8, 4) is 34.8 Å². The summed E-state index contributed by atoms with van der Waals surface area (Å²) in [4.78, 5) is -0.383. The fourth-order valence-corrected chi connectivity index (χ4v) is 6.24. The number of allylic oxidation sites excluding steroid dienone is 1. The summed E-state index contributed by atoms with van der Waals surface area (Å²) in [7, 11) is -8.54. The molecule has 0 atom stereocenters. The summed E-state index contributed by atoms with van der Waals surface area (Å²) < 4.78 is 62.9. The molecule has 0 radical (unpaired) electrons. The Balaban J connectivity index is 1.59. The molecule has 8 nitrogen and oxygen atoms in total. The molecule has 5 rings (SSSR count). The molecule has 1 aliphatic carbocycles. The predicted octanol–water partition coefficient (Wildman–Crippen LogP) is 5.67. The van der Waals surface area contributed by atoms with Crippen LogP contribution in [-0.4, -0.2) is 16.8 Å². The van der Waals surface area contributed by atoms with E-state index in [1.807, 2.05) is 26.0 Å². The number of hydrogen-bond acceptors (Lipinski definition) is 8. The maximum atomic E-state index is 13.1. The van der Waals surface area contributed by atoms with Gasteiger partial charge < -0.3 is 8.37 Å². The number of hydrogen-bond donors (Lipinski definition) is 0. The molecule has 0 amide bonds. The molecule has 0 heterocycles. The molecule has 40 heavy (non-hydrogen) atoms. The van der Waals surface area contributed by atoms with E-state index in [1.165, 1.54) is 60.7 Å². The van der Waals surface area contributed by atoms with Gasteiger partial charge in [0.05, 0.1) is 0 Å². The molecule has 1 aliphatic rings. The van der Waals surface area contributed by atoms with Crippen molar-refractivity contribution in [1.29, 1.82) is 10.5 Å². The summed E-state index contributed by atoms with van der Waals surface area (Å²) in [6.45, 7) is 3.72. The first-order chi connectivity index (χ1) is 19.0. The number of nitrogens with zero attached hydrogens (tertiary/aromatic N) is 2. The van der Waals surface area contributed by atoms with Gasteiger partial charge in [0.15, 0.2) is 0 Å². The van der Waals surface area contributed by atoms with Gasteiger partial charge in [-0.1, -0.05) is 47.5 Å². The van der Waals surface area contributed by atoms with Crippen molar-refractivity contribution >= 4 is 25.8 Å². The summed E-state index contributed by atoms with van der Waals surface area (Å²) in [5, 5.41) is 19.4. The predicted molar refractivity (Wildman–Crippen MR) is 147 cm³/mol. The van der Waals surface area contributed by atoms with E-state index in [2.05, 4.69) is 0 Å². The lowest BCUT2D eigenvalue weighted by molar-refractivity contribution is 0.484. The van der Waals surface area contributed by atoms with Crippen molar-refractivity contribution in [3.63, 3.8) is 0 Å². The van der Waals surface area contributed by atoms with Gasteiger partial charge in [-0.3, -0.25) is 0 Å². The Hall–Kier alpha value is -4.90. The third kappa shape index (κ3) is 4.94. The van der Waals surface area contributed by atoms with Crippen LogP contribution in [0.25, 0.3) is 16.7 Å². The highest BCUT2D eigenvalue weighted by Gasteiger charge is 2.31. The second-order valence-corrected chi connectivity index (χ2v) is 12.2. The van der Waals surface area contributed by atoms with Gasteiger partial charge in [-0.2, -0.15) is 27.4 Å². The van der Waals surface area contributed by atoms with E-state index in [9.17, 15) is 27.4 Å². The first-order valence-electron chi connectivity index (χ1n) is 11.9. The van der Waals surface area contributed by atoms with Crippen molar-refractivity contribution in [2.24, 2.45) is 0 Å². The maximum Gasteiger partial charge on any atom is 0.339 e. The Bertz CT molecular complexity index is 1850. The molecule has 0 unspecified atom stereocenters. The first-order valence-corrected chi connectivity index (χ1v) is 14.7. The number of rotatable bonds is 6. The molecule has 0 aliphatic heterocycles. The van der Waals surface area contributed by atoms with E-state index in [1.54, 1.807) is 24.3 Å². The summed E-state index contributed by atoms with van der Waals surface area (Å²) in [5.41, 5.74) is 3.32. The van der Waals surface area contributed by atoms with Gasteiger partial charge in [-0.05, 0) is 84.6 Å². The van der Waals surface area contributed by atoms with Gasteiger partial charge in [0.1, 0.15) is 39.0 Å². The molecule has 4 aromatic carbocycles. The zero-order chi connectivity index (χ0) is 28.7. The monoisotopic (exact) mass is 568 g/mol. The smallest absolute Gasteiger partial charge is 0.339 e. The first kappa shape index (κ1) is 26.7. The van der Waals surface area contributed by atoms with Crippen molar-refractivity contribution < 1.29 is 25.2 Å². The average molecular weight is 569 g/mol. The number of aryl methyl sites for hydroxylation is 2. The largest absolute Gasteiger partial charge is 0.379 e. The van der Waals surface area contributed by atoms with E-state index >= 15 is 0 Å². The zero-order valence-corrected chi connectivity index (χ0v) is 22.9. The molecule has 0 saturated heterocycles. The minimum absolute atomic E-state index is 0.120. The molecule has 198 valence electrons. The van der Waals surface area contributed by atoms with Crippen LogP contribution in [0.3, 0.4) is 0 Å². The average Bonchev–Trinajstić information content (AvgIpc) is 3.25. The third-order valence-electron chi connectivity index (χ3n) is 6.32. The molecular weight excluding hydrogens is 548 g/mol. The normalized spacial score (nSPS) is 12.1. The summed E-state index contributed by atoms with van der Waals surface area (Å²) in [6.07, 6.45) is 0.